The molecular formula is C8H5ClF2O2. The topological polar surface area (TPSA) is 26.3 Å². The first-order valence-corrected chi connectivity index (χ1v) is 3.67. The van der Waals surface area contributed by atoms with E-state index in [0.717, 1.165) is 6.07 Å². The molecule has 1 aromatic carbocycles. The van der Waals surface area contributed by atoms with Crippen molar-refractivity contribution in [3.05, 3.63) is 29.3 Å². The van der Waals surface area contributed by atoms with Crippen molar-refractivity contribution in [3.63, 3.8) is 0 Å². The zero-order valence-corrected chi connectivity index (χ0v) is 7.36. The van der Waals surface area contributed by atoms with Gasteiger partial charge in [-0.2, -0.15) is 0 Å². The fraction of sp³-hybridized carbons (Fsp3) is 0.125. The lowest BCUT2D eigenvalue weighted by atomic mass is 10.2. The van der Waals surface area contributed by atoms with E-state index in [9.17, 15) is 13.6 Å². The first-order chi connectivity index (χ1) is 6.06. The number of hydrogen-bond acceptors (Lipinski definition) is 2. The van der Waals surface area contributed by atoms with Crippen LogP contribution in [-0.2, 0) is 0 Å². The second-order valence-electron chi connectivity index (χ2n) is 2.24. The number of rotatable bonds is 2. The van der Waals surface area contributed by atoms with Gasteiger partial charge in [0.2, 0.25) is 0 Å². The molecule has 13 heavy (non-hydrogen) atoms. The van der Waals surface area contributed by atoms with Crippen LogP contribution < -0.4 is 4.74 Å². The van der Waals surface area contributed by atoms with E-state index in [2.05, 4.69) is 4.74 Å². The van der Waals surface area contributed by atoms with E-state index < -0.39 is 22.4 Å². The van der Waals surface area contributed by atoms with Gasteiger partial charge >= 0.3 is 0 Å². The van der Waals surface area contributed by atoms with Crippen molar-refractivity contribution in [2.75, 3.05) is 7.11 Å². The van der Waals surface area contributed by atoms with Gasteiger partial charge in [0.1, 0.15) is 5.82 Å². The number of carbonyl (C=O) groups is 1. The van der Waals surface area contributed by atoms with Crippen molar-refractivity contribution < 1.29 is 18.3 Å². The van der Waals surface area contributed by atoms with Crippen molar-refractivity contribution in [2.45, 2.75) is 0 Å². The summed E-state index contributed by atoms with van der Waals surface area (Å²) in [5.41, 5.74) is -0.500. The first kappa shape index (κ1) is 9.92. The van der Waals surface area contributed by atoms with Crippen molar-refractivity contribution in [2.24, 2.45) is 0 Å². The average Bonchev–Trinajstić information content (AvgIpc) is 2.07. The molecule has 0 bridgehead atoms. The highest BCUT2D eigenvalue weighted by Crippen LogP contribution is 2.22. The average molecular weight is 207 g/mol. The molecule has 5 heteroatoms. The summed E-state index contributed by atoms with van der Waals surface area (Å²) < 4.78 is 30.3. The van der Waals surface area contributed by atoms with Gasteiger partial charge < -0.3 is 4.74 Å². The maximum Gasteiger partial charge on any atom is 0.255 e. The molecule has 0 N–H and O–H groups in total. The summed E-state index contributed by atoms with van der Waals surface area (Å²) in [7, 11) is 1.19. The summed E-state index contributed by atoms with van der Waals surface area (Å²) in [6.45, 7) is 0. The monoisotopic (exact) mass is 206 g/mol. The quantitative estimate of drug-likeness (QED) is 0.695. The van der Waals surface area contributed by atoms with Gasteiger partial charge in [-0.05, 0) is 17.7 Å². The molecule has 0 amide bonds. The minimum atomic E-state index is -1.04. The largest absolute Gasteiger partial charge is 0.494 e. The normalized spacial score (nSPS) is 9.85. The summed E-state index contributed by atoms with van der Waals surface area (Å²) >= 11 is 4.99. The summed E-state index contributed by atoms with van der Waals surface area (Å²) in [5.74, 6) is -2.00. The Kier molecular flexibility index (Phi) is 2.83. The van der Waals surface area contributed by atoms with Crippen LogP contribution in [0.5, 0.6) is 5.75 Å². The maximum atomic E-state index is 12.9. The number of carbonyl (C=O) groups excluding carboxylic acids is 1. The van der Waals surface area contributed by atoms with Gasteiger partial charge in [-0.25, -0.2) is 8.78 Å². The smallest absolute Gasteiger partial charge is 0.255 e. The van der Waals surface area contributed by atoms with Crippen LogP contribution in [0.1, 0.15) is 10.4 Å². The standard InChI is InChI=1S/C8H5ClF2O2/c1-13-7-3-5(10)4(8(9)12)2-6(7)11/h2-3H,1H3. The molecule has 0 unspecified atom stereocenters. The Balaban J connectivity index is 3.28. The van der Waals surface area contributed by atoms with Gasteiger partial charge in [0.25, 0.3) is 5.24 Å². The van der Waals surface area contributed by atoms with Crippen LogP contribution in [0.25, 0.3) is 0 Å². The van der Waals surface area contributed by atoms with Crippen molar-refractivity contribution >= 4 is 16.8 Å². The van der Waals surface area contributed by atoms with Crippen LogP contribution >= 0.6 is 11.6 Å². The molecule has 0 aliphatic rings. The van der Waals surface area contributed by atoms with E-state index in [4.69, 9.17) is 11.6 Å². The molecule has 0 radical (unpaired) electrons. The number of ether oxygens (including phenoxy) is 1. The van der Waals surface area contributed by atoms with Gasteiger partial charge in [-0.1, -0.05) is 0 Å². The fourth-order valence-electron chi connectivity index (χ4n) is 0.836. The number of hydrogen-bond donors (Lipinski definition) is 0. The molecule has 0 fully saturated rings. The van der Waals surface area contributed by atoms with Gasteiger partial charge in [0.15, 0.2) is 11.6 Å². The number of halogens is 3. The Labute approximate surface area is 78.1 Å². The molecule has 70 valence electrons. The molecular weight excluding hydrogens is 202 g/mol. The third kappa shape index (κ3) is 1.95. The lowest BCUT2D eigenvalue weighted by molar-refractivity contribution is 0.107. The summed E-state index contributed by atoms with van der Waals surface area (Å²) in [4.78, 5) is 10.5. The number of methoxy groups -OCH3 is 1. The van der Waals surface area contributed by atoms with Crippen molar-refractivity contribution in [3.8, 4) is 5.75 Å². The predicted octanol–water partition coefficient (Wildman–Crippen LogP) is 2.35. The molecule has 0 saturated carbocycles. The van der Waals surface area contributed by atoms with Crippen LogP contribution in [0, 0.1) is 11.6 Å². The molecule has 0 aromatic heterocycles. The Morgan fingerprint density at radius 3 is 2.46 bits per heavy atom. The van der Waals surface area contributed by atoms with Crippen LogP contribution in [0.15, 0.2) is 12.1 Å². The Morgan fingerprint density at radius 1 is 1.38 bits per heavy atom. The van der Waals surface area contributed by atoms with E-state index in [1.807, 2.05) is 0 Å². The Morgan fingerprint density at radius 2 is 2.00 bits per heavy atom. The SMILES string of the molecule is COc1cc(F)c(C(=O)Cl)cc1F. The van der Waals surface area contributed by atoms with Crippen LogP contribution in [0.4, 0.5) is 8.78 Å². The Bertz CT molecular complexity index is 352. The third-order valence-corrected chi connectivity index (χ3v) is 1.66. The summed E-state index contributed by atoms with van der Waals surface area (Å²) in [5, 5.41) is -1.04. The van der Waals surface area contributed by atoms with Crippen LogP contribution in [-0.4, -0.2) is 12.4 Å². The van der Waals surface area contributed by atoms with Gasteiger partial charge in [0, 0.05) is 6.07 Å². The molecule has 1 rings (SSSR count). The highest BCUT2D eigenvalue weighted by atomic mass is 35.5. The zero-order valence-electron chi connectivity index (χ0n) is 6.61. The summed E-state index contributed by atoms with van der Waals surface area (Å²) in [6.07, 6.45) is 0. The predicted molar refractivity (Wildman–Crippen MR) is 43.1 cm³/mol. The first-order valence-electron chi connectivity index (χ1n) is 3.29. The van der Waals surface area contributed by atoms with Gasteiger partial charge in [0.05, 0.1) is 12.7 Å². The molecule has 0 atom stereocenters. The molecule has 0 spiro atoms. The van der Waals surface area contributed by atoms with Crippen molar-refractivity contribution in [1.29, 1.82) is 0 Å². The van der Waals surface area contributed by atoms with E-state index in [1.165, 1.54) is 7.11 Å². The zero-order chi connectivity index (χ0) is 10.0. The highest BCUT2D eigenvalue weighted by molar-refractivity contribution is 6.67. The molecule has 0 heterocycles. The maximum absolute atomic E-state index is 12.9. The van der Waals surface area contributed by atoms with Crippen LogP contribution in [0.2, 0.25) is 0 Å². The second kappa shape index (κ2) is 3.70. The molecule has 0 aliphatic heterocycles. The van der Waals surface area contributed by atoms with Gasteiger partial charge in [-0.3, -0.25) is 4.79 Å². The van der Waals surface area contributed by atoms with E-state index in [-0.39, 0.29) is 5.75 Å². The van der Waals surface area contributed by atoms with E-state index >= 15 is 0 Å². The molecule has 0 aliphatic carbocycles. The fourth-order valence-corrected chi connectivity index (χ4v) is 0.980. The van der Waals surface area contributed by atoms with E-state index in [0.29, 0.717) is 6.07 Å². The molecule has 1 aromatic rings. The summed E-state index contributed by atoms with van der Waals surface area (Å²) in [6, 6.07) is 1.47. The highest BCUT2D eigenvalue weighted by Gasteiger charge is 2.14. The van der Waals surface area contributed by atoms with Crippen molar-refractivity contribution in [1.82, 2.24) is 0 Å². The van der Waals surface area contributed by atoms with E-state index in [1.54, 1.807) is 0 Å². The number of benzene rings is 1. The molecule has 0 saturated heterocycles. The Hall–Kier alpha value is -1.16. The minimum absolute atomic E-state index is 0.265. The lowest BCUT2D eigenvalue weighted by Gasteiger charge is -2.03. The minimum Gasteiger partial charge on any atom is -0.494 e. The van der Waals surface area contributed by atoms with Gasteiger partial charge in [-0.15, -0.1) is 0 Å². The third-order valence-electron chi connectivity index (χ3n) is 1.45. The second-order valence-corrected chi connectivity index (χ2v) is 2.58. The molecule has 2 nitrogen and oxygen atoms in total. The lowest BCUT2D eigenvalue weighted by Crippen LogP contribution is -1.98. The van der Waals surface area contributed by atoms with Crippen LogP contribution in [0.3, 0.4) is 0 Å².